The molecule has 0 spiro atoms. The molecule has 8 nitrogen and oxygen atoms in total. The fraction of sp³-hybridized carbons (Fsp3) is 0.273. The van der Waals surface area contributed by atoms with Crippen LogP contribution in [0.15, 0.2) is 58.3 Å². The number of aryl methyl sites for hydroxylation is 1. The van der Waals surface area contributed by atoms with Gasteiger partial charge >= 0.3 is 5.69 Å². The highest BCUT2D eigenvalue weighted by molar-refractivity contribution is 6.14. The minimum absolute atomic E-state index is 0.0876. The highest BCUT2D eigenvalue weighted by Crippen LogP contribution is 2.30. The van der Waals surface area contributed by atoms with Gasteiger partial charge < -0.3 is 4.90 Å². The molecule has 0 radical (unpaired) electrons. The van der Waals surface area contributed by atoms with Crippen LogP contribution in [0.3, 0.4) is 0 Å². The Morgan fingerprint density at radius 2 is 1.80 bits per heavy atom. The van der Waals surface area contributed by atoms with Gasteiger partial charge in [-0.05, 0) is 36.6 Å². The van der Waals surface area contributed by atoms with Gasteiger partial charge in [0.25, 0.3) is 0 Å². The third-order valence-corrected chi connectivity index (χ3v) is 5.99. The third kappa shape index (κ3) is 2.39. The minimum Gasteiger partial charge on any atom is -0.311 e. The summed E-state index contributed by atoms with van der Waals surface area (Å²) in [5.74, 6) is 1.25. The lowest BCUT2D eigenvalue weighted by Gasteiger charge is -2.29. The van der Waals surface area contributed by atoms with Crippen molar-refractivity contribution in [1.29, 1.82) is 0 Å². The number of aliphatic imine (C=N–C) groups is 1. The predicted octanol–water partition coefficient (Wildman–Crippen LogP) is 1.59. The minimum atomic E-state index is -0.304. The number of aromatic nitrogens is 3. The predicted molar refractivity (Wildman–Crippen MR) is 114 cm³/mol. The van der Waals surface area contributed by atoms with Gasteiger partial charge in [0.1, 0.15) is 12.4 Å². The van der Waals surface area contributed by atoms with Crippen LogP contribution in [0, 0.1) is 0 Å². The first-order chi connectivity index (χ1) is 14.7. The Morgan fingerprint density at radius 1 is 1.00 bits per heavy atom. The number of anilines is 2. The lowest BCUT2D eigenvalue weighted by atomic mass is 10.0. The van der Waals surface area contributed by atoms with E-state index in [1.807, 2.05) is 47.4 Å². The average Bonchev–Trinajstić information content (AvgIpc) is 3.39. The molecule has 0 saturated carbocycles. The lowest BCUT2D eigenvalue weighted by Crippen LogP contribution is -2.40. The molecule has 2 aromatic carbocycles. The van der Waals surface area contributed by atoms with Gasteiger partial charge in [-0.2, -0.15) is 0 Å². The second-order valence-corrected chi connectivity index (χ2v) is 7.73. The van der Waals surface area contributed by atoms with Crippen molar-refractivity contribution in [2.45, 2.75) is 19.4 Å². The summed E-state index contributed by atoms with van der Waals surface area (Å²) in [6.45, 7) is 1.90. The van der Waals surface area contributed by atoms with Crippen molar-refractivity contribution in [3.8, 4) is 5.69 Å². The molecule has 6 rings (SSSR count). The van der Waals surface area contributed by atoms with Crippen LogP contribution in [-0.4, -0.2) is 45.7 Å². The summed E-state index contributed by atoms with van der Waals surface area (Å²) in [6, 6.07) is 15.7. The topological polar surface area (TPSA) is 75.7 Å². The summed E-state index contributed by atoms with van der Waals surface area (Å²) in [5.41, 5.74) is 3.48. The quantitative estimate of drug-likeness (QED) is 0.655. The number of para-hydroxylation sites is 2. The largest absolute Gasteiger partial charge is 0.352 e. The molecule has 0 fully saturated rings. The Morgan fingerprint density at radius 3 is 2.70 bits per heavy atom. The van der Waals surface area contributed by atoms with Crippen LogP contribution in [0.1, 0.15) is 17.5 Å². The van der Waals surface area contributed by atoms with Gasteiger partial charge in [-0.15, -0.1) is 5.10 Å². The zero-order chi connectivity index (χ0) is 20.2. The Balaban J connectivity index is 1.40. The summed E-state index contributed by atoms with van der Waals surface area (Å²) in [5, 5.41) is 4.55. The lowest BCUT2D eigenvalue weighted by molar-refractivity contribution is -0.119. The second-order valence-electron chi connectivity index (χ2n) is 7.73. The average molecular weight is 400 g/mol. The molecule has 0 aliphatic carbocycles. The van der Waals surface area contributed by atoms with Gasteiger partial charge in [-0.1, -0.05) is 30.3 Å². The number of amides is 1. The zero-order valence-electron chi connectivity index (χ0n) is 16.4. The first-order valence-electron chi connectivity index (χ1n) is 10.2. The molecular weight excluding hydrogens is 380 g/mol. The van der Waals surface area contributed by atoms with Crippen molar-refractivity contribution in [1.82, 2.24) is 14.3 Å². The number of fused-ring (bicyclic) bond motifs is 7. The number of benzene rings is 2. The van der Waals surface area contributed by atoms with Crippen molar-refractivity contribution in [3.63, 3.8) is 0 Å². The fourth-order valence-corrected chi connectivity index (χ4v) is 4.62. The highest BCUT2D eigenvalue weighted by Gasteiger charge is 2.35. The van der Waals surface area contributed by atoms with Gasteiger partial charge in [0.2, 0.25) is 11.9 Å². The van der Waals surface area contributed by atoms with Crippen molar-refractivity contribution < 1.29 is 4.79 Å². The summed E-state index contributed by atoms with van der Waals surface area (Å²) >= 11 is 0. The van der Waals surface area contributed by atoms with E-state index in [0.29, 0.717) is 25.6 Å². The van der Waals surface area contributed by atoms with E-state index < -0.39 is 0 Å². The van der Waals surface area contributed by atoms with E-state index in [-0.39, 0.29) is 18.1 Å². The van der Waals surface area contributed by atoms with Crippen LogP contribution in [0.5, 0.6) is 0 Å². The Bertz CT molecular complexity index is 1270. The van der Waals surface area contributed by atoms with E-state index in [0.717, 1.165) is 35.6 Å². The molecule has 0 bridgehead atoms. The number of carbonyl (C=O) groups is 1. The summed E-state index contributed by atoms with van der Waals surface area (Å²) in [6.07, 6.45) is 1.88. The maximum absolute atomic E-state index is 13.3. The van der Waals surface area contributed by atoms with E-state index in [1.54, 1.807) is 9.47 Å². The van der Waals surface area contributed by atoms with E-state index in [2.05, 4.69) is 16.2 Å². The van der Waals surface area contributed by atoms with Crippen molar-refractivity contribution in [2.75, 3.05) is 29.4 Å². The van der Waals surface area contributed by atoms with Gasteiger partial charge in [0, 0.05) is 24.3 Å². The van der Waals surface area contributed by atoms with Crippen molar-refractivity contribution in [2.24, 2.45) is 4.99 Å². The van der Waals surface area contributed by atoms with Crippen LogP contribution in [0.4, 0.5) is 11.6 Å². The van der Waals surface area contributed by atoms with Crippen LogP contribution >= 0.6 is 0 Å². The normalized spacial score (nSPS) is 16.5. The fourth-order valence-electron chi connectivity index (χ4n) is 4.62. The molecule has 3 aromatic rings. The van der Waals surface area contributed by atoms with Crippen LogP contribution in [0.25, 0.3) is 5.69 Å². The molecule has 1 aromatic heterocycles. The second kappa shape index (κ2) is 6.41. The maximum atomic E-state index is 13.3. The molecule has 150 valence electrons. The van der Waals surface area contributed by atoms with Crippen LogP contribution in [-0.2, 0) is 17.8 Å². The van der Waals surface area contributed by atoms with Crippen LogP contribution < -0.4 is 15.5 Å². The highest BCUT2D eigenvalue weighted by atomic mass is 16.2. The van der Waals surface area contributed by atoms with E-state index in [1.165, 1.54) is 10.2 Å². The molecule has 1 amide bonds. The van der Waals surface area contributed by atoms with E-state index in [4.69, 9.17) is 0 Å². The summed E-state index contributed by atoms with van der Waals surface area (Å²) < 4.78 is 2.88. The molecule has 4 heterocycles. The smallest absolute Gasteiger partial charge is 0.311 e. The molecule has 0 unspecified atom stereocenters. The van der Waals surface area contributed by atoms with E-state index >= 15 is 0 Å². The SMILES string of the molecule is O=C(Cn1nc2n(c1=O)-c1ccccc1C1=NCCN12)N1CCCc2ccccc21. The summed E-state index contributed by atoms with van der Waals surface area (Å²) in [7, 11) is 0. The molecular formula is C22H20N6O2. The molecule has 8 heteroatoms. The van der Waals surface area contributed by atoms with Gasteiger partial charge in [0.15, 0.2) is 0 Å². The molecule has 0 N–H and O–H groups in total. The monoisotopic (exact) mass is 400 g/mol. The number of hydrogen-bond acceptors (Lipinski definition) is 5. The first kappa shape index (κ1) is 17.2. The number of hydrogen-bond donors (Lipinski definition) is 0. The number of nitrogens with zero attached hydrogens (tertiary/aromatic N) is 6. The zero-order valence-corrected chi connectivity index (χ0v) is 16.4. The first-order valence-corrected chi connectivity index (χ1v) is 10.2. The number of rotatable bonds is 2. The van der Waals surface area contributed by atoms with E-state index in [9.17, 15) is 9.59 Å². The molecule has 0 atom stereocenters. The Hall–Kier alpha value is -3.68. The van der Waals surface area contributed by atoms with Crippen molar-refractivity contribution in [3.05, 3.63) is 70.1 Å². The molecule has 30 heavy (non-hydrogen) atoms. The standard InChI is InChI=1S/C22H20N6O2/c29-19(25-12-5-7-15-6-1-3-9-17(15)25)14-27-22(30)28-18-10-4-2-8-16(18)20-23-11-13-26(20)21(28)24-27/h1-4,6,8-10H,5,7,11-14H2. The van der Waals surface area contributed by atoms with Gasteiger partial charge in [-0.25, -0.2) is 14.0 Å². The molecule has 3 aliphatic heterocycles. The maximum Gasteiger partial charge on any atom is 0.352 e. The number of amidine groups is 1. The molecule has 3 aliphatic rings. The third-order valence-electron chi connectivity index (χ3n) is 5.99. The van der Waals surface area contributed by atoms with Gasteiger partial charge in [-0.3, -0.25) is 14.7 Å². The molecule has 0 saturated heterocycles. The van der Waals surface area contributed by atoms with Gasteiger partial charge in [0.05, 0.1) is 12.2 Å². The number of carbonyl (C=O) groups excluding carboxylic acids is 1. The van der Waals surface area contributed by atoms with Crippen molar-refractivity contribution >= 4 is 23.4 Å². The Labute approximate surface area is 172 Å². The van der Waals surface area contributed by atoms with Crippen LogP contribution in [0.2, 0.25) is 0 Å². The Kier molecular flexibility index (Phi) is 3.68. The summed E-state index contributed by atoms with van der Waals surface area (Å²) in [4.78, 5) is 34.7.